The minimum absolute atomic E-state index is 0.0562. The summed E-state index contributed by atoms with van der Waals surface area (Å²) in [5.41, 5.74) is 8.19. The van der Waals surface area contributed by atoms with Crippen LogP contribution in [-0.2, 0) is 14.4 Å². The summed E-state index contributed by atoms with van der Waals surface area (Å²) in [5.74, 6) is 0.615. The quantitative estimate of drug-likeness (QED) is 0.0578. The molecule has 0 unspecified atom stereocenters. The molecule has 2 aromatic heterocycles. The molecule has 0 saturated carbocycles. The minimum Gasteiger partial charge on any atom is -0.391 e. The highest BCUT2D eigenvalue weighted by molar-refractivity contribution is 7.13. The molecule has 0 spiro atoms. The molecular formula is C58H80ClN7O5S. The van der Waals surface area contributed by atoms with Crippen molar-refractivity contribution in [3.05, 3.63) is 106 Å². The van der Waals surface area contributed by atoms with E-state index < -0.39 is 23.5 Å². The number of piperazine rings is 1. The number of ketones is 1. The molecule has 2 saturated heterocycles. The van der Waals surface area contributed by atoms with Gasteiger partial charge in [0.15, 0.2) is 0 Å². The van der Waals surface area contributed by atoms with Crippen LogP contribution in [0.3, 0.4) is 0 Å². The Balaban J connectivity index is 0.780. The topological polar surface area (TPSA) is 152 Å². The van der Waals surface area contributed by atoms with Crippen molar-refractivity contribution >= 4 is 46.4 Å². The van der Waals surface area contributed by atoms with E-state index in [4.69, 9.17) is 11.6 Å². The lowest BCUT2D eigenvalue weighted by molar-refractivity contribution is -0.142. The van der Waals surface area contributed by atoms with Crippen LogP contribution >= 0.6 is 22.9 Å². The Morgan fingerprint density at radius 2 is 1.46 bits per heavy atom. The molecule has 1 aliphatic carbocycles. The van der Waals surface area contributed by atoms with Crippen LogP contribution in [0.2, 0.25) is 5.02 Å². The third-order valence-electron chi connectivity index (χ3n) is 15.5. The van der Waals surface area contributed by atoms with E-state index in [-0.39, 0.29) is 54.5 Å². The number of hydrogen-bond acceptors (Lipinski definition) is 11. The van der Waals surface area contributed by atoms with Crippen LogP contribution in [0.1, 0.15) is 183 Å². The van der Waals surface area contributed by atoms with Gasteiger partial charge in [-0.15, -0.1) is 11.3 Å². The fourth-order valence-corrected chi connectivity index (χ4v) is 12.1. The molecule has 2 aliphatic heterocycles. The molecule has 7 rings (SSSR count). The number of anilines is 1. The first-order valence-corrected chi connectivity index (χ1v) is 28.0. The molecular weight excluding hydrogens is 942 g/mol. The summed E-state index contributed by atoms with van der Waals surface area (Å²) in [6.07, 6.45) is 13.7. The van der Waals surface area contributed by atoms with Crippen LogP contribution < -0.4 is 10.2 Å². The molecule has 390 valence electrons. The molecule has 2 fully saturated rings. The van der Waals surface area contributed by atoms with Crippen molar-refractivity contribution in [1.29, 1.82) is 0 Å². The number of fused-ring (bicyclic) bond motifs is 1. The first kappa shape index (κ1) is 55.1. The van der Waals surface area contributed by atoms with Crippen molar-refractivity contribution in [2.75, 3.05) is 37.6 Å². The molecule has 4 aromatic rings. The Morgan fingerprint density at radius 3 is 2.08 bits per heavy atom. The smallest absolute Gasteiger partial charge is 0.230 e. The number of halogens is 1. The molecule has 2 amide bonds. The van der Waals surface area contributed by atoms with Gasteiger partial charge in [0.2, 0.25) is 11.8 Å². The van der Waals surface area contributed by atoms with E-state index in [1.807, 2.05) is 62.4 Å². The van der Waals surface area contributed by atoms with Gasteiger partial charge in [0.05, 0.1) is 45.9 Å². The van der Waals surface area contributed by atoms with Gasteiger partial charge in [-0.3, -0.25) is 14.4 Å². The van der Waals surface area contributed by atoms with E-state index in [1.165, 1.54) is 19.3 Å². The summed E-state index contributed by atoms with van der Waals surface area (Å²) in [5, 5.41) is 25.5. The van der Waals surface area contributed by atoms with Crippen LogP contribution in [0, 0.1) is 18.3 Å². The molecule has 4 heterocycles. The normalized spacial score (nSPS) is 20.3. The number of likely N-dealkylation sites (tertiary alicyclic amines) is 1. The number of aromatic nitrogens is 3. The van der Waals surface area contributed by atoms with Crippen molar-refractivity contribution < 1.29 is 24.6 Å². The highest BCUT2D eigenvalue weighted by Crippen LogP contribution is 2.43. The summed E-state index contributed by atoms with van der Waals surface area (Å²) in [7, 11) is 0. The van der Waals surface area contributed by atoms with Crippen molar-refractivity contribution in [3.63, 3.8) is 0 Å². The SMILES string of the molecule is C=C(N[C@@H](C)c1ccc(-c2scnc2C)cc1)[C@@H]1C[C@@H](O)CN1C(=O)[C@@H](CC(=O)CCCCCCCCCCCC[C@@H](C(=O)N1CCN(c2ncnc3c2[C@H](C)C[C@H]3O)CC1)c1ccc(Cl)cc1)C(C)(C)C. The van der Waals surface area contributed by atoms with E-state index in [0.29, 0.717) is 56.2 Å². The average Bonchev–Trinajstić information content (AvgIpc) is 4.07. The van der Waals surface area contributed by atoms with E-state index in [2.05, 4.69) is 69.9 Å². The Labute approximate surface area is 438 Å². The van der Waals surface area contributed by atoms with Gasteiger partial charge < -0.3 is 30.2 Å². The summed E-state index contributed by atoms with van der Waals surface area (Å²) in [6.45, 7) is 19.5. The Morgan fingerprint density at radius 1 is 0.833 bits per heavy atom. The van der Waals surface area contributed by atoms with Gasteiger partial charge in [-0.25, -0.2) is 15.0 Å². The van der Waals surface area contributed by atoms with Crippen molar-refractivity contribution in [2.24, 2.45) is 11.3 Å². The number of benzene rings is 2. The number of nitrogens with zero attached hydrogens (tertiary/aromatic N) is 6. The Bertz CT molecular complexity index is 2430. The number of Topliss-reactive ketones (excluding diaryl/α,β-unsaturated/α-hetero) is 1. The van der Waals surface area contributed by atoms with E-state index in [9.17, 15) is 24.6 Å². The summed E-state index contributed by atoms with van der Waals surface area (Å²) in [4.78, 5) is 62.5. The number of amides is 2. The van der Waals surface area contributed by atoms with Crippen LogP contribution in [0.5, 0.6) is 0 Å². The van der Waals surface area contributed by atoms with Gasteiger partial charge in [0, 0.05) is 80.2 Å². The van der Waals surface area contributed by atoms with E-state index in [1.54, 1.807) is 22.6 Å². The monoisotopic (exact) mass is 1020 g/mol. The number of β-amino-alcohol motifs (C(OH)–C–C–N with tert-alkyl or cyclic N) is 1. The van der Waals surface area contributed by atoms with Crippen LogP contribution in [0.4, 0.5) is 5.82 Å². The number of aryl methyl sites for hydroxylation is 1. The summed E-state index contributed by atoms with van der Waals surface area (Å²) >= 11 is 7.89. The second-order valence-corrected chi connectivity index (χ2v) is 23.3. The van der Waals surface area contributed by atoms with Gasteiger partial charge in [-0.1, -0.05) is 140 Å². The lowest BCUT2D eigenvalue weighted by Crippen LogP contribution is -2.50. The third kappa shape index (κ3) is 14.1. The zero-order valence-corrected chi connectivity index (χ0v) is 45.3. The molecule has 3 aliphatic rings. The van der Waals surface area contributed by atoms with Crippen molar-refractivity contribution in [3.8, 4) is 10.4 Å². The molecule has 0 bridgehead atoms. The first-order valence-electron chi connectivity index (χ1n) is 26.8. The third-order valence-corrected chi connectivity index (χ3v) is 16.7. The highest BCUT2D eigenvalue weighted by Gasteiger charge is 2.43. The number of carbonyl (C=O) groups excluding carboxylic acids is 3. The zero-order chi connectivity index (χ0) is 51.5. The molecule has 12 nitrogen and oxygen atoms in total. The number of carbonyl (C=O) groups is 3. The van der Waals surface area contributed by atoms with Crippen LogP contribution in [0.15, 0.2) is 72.6 Å². The van der Waals surface area contributed by atoms with Gasteiger partial charge >= 0.3 is 0 Å². The minimum atomic E-state index is -0.652. The zero-order valence-electron chi connectivity index (χ0n) is 43.8. The number of thiazole rings is 1. The molecule has 7 atom stereocenters. The van der Waals surface area contributed by atoms with E-state index >= 15 is 0 Å². The highest BCUT2D eigenvalue weighted by atomic mass is 35.5. The summed E-state index contributed by atoms with van der Waals surface area (Å²) in [6, 6.07) is 15.8. The molecule has 72 heavy (non-hydrogen) atoms. The largest absolute Gasteiger partial charge is 0.391 e. The number of aliphatic hydroxyl groups is 2. The van der Waals surface area contributed by atoms with Crippen LogP contribution in [0.25, 0.3) is 10.4 Å². The molecule has 2 aromatic carbocycles. The predicted octanol–water partition coefficient (Wildman–Crippen LogP) is 11.7. The lowest BCUT2D eigenvalue weighted by Gasteiger charge is -2.38. The number of nitrogens with one attached hydrogen (secondary N) is 1. The van der Waals surface area contributed by atoms with Crippen LogP contribution in [-0.4, -0.2) is 97.4 Å². The van der Waals surface area contributed by atoms with E-state index in [0.717, 1.165) is 95.7 Å². The van der Waals surface area contributed by atoms with Gasteiger partial charge in [0.1, 0.15) is 17.9 Å². The maximum Gasteiger partial charge on any atom is 0.230 e. The van der Waals surface area contributed by atoms with Gasteiger partial charge in [0.25, 0.3) is 0 Å². The molecule has 3 N–H and O–H groups in total. The lowest BCUT2D eigenvalue weighted by atomic mass is 9.76. The molecule has 0 radical (unpaired) electrons. The predicted molar refractivity (Wildman–Crippen MR) is 290 cm³/mol. The number of unbranched alkanes of at least 4 members (excludes halogenated alkanes) is 9. The summed E-state index contributed by atoms with van der Waals surface area (Å²) < 4.78 is 0. The van der Waals surface area contributed by atoms with Gasteiger partial charge in [-0.05, 0) is 73.3 Å². The maximum atomic E-state index is 14.3. The second-order valence-electron chi connectivity index (χ2n) is 22.0. The first-order chi connectivity index (χ1) is 34.5. The number of rotatable bonds is 24. The Hall–Kier alpha value is -4.69. The fraction of sp³-hybridized carbons (Fsp3) is 0.586. The second kappa shape index (κ2) is 25.5. The average molecular weight is 1020 g/mol. The fourth-order valence-electron chi connectivity index (χ4n) is 11.2. The maximum absolute atomic E-state index is 14.3. The standard InChI is InChI=1S/C58H80ClN7O5S/c1-38-32-51(69)53-52(38)55(61-36-60-53)64-28-30-65(31-29-64)56(70)48(43-24-26-45(59)27-25-43)19-17-15-13-11-9-8-10-12-14-16-18-46(67)33-49(58(5,6)7)57(71)66-35-47(68)34-50(66)40(3)63-39(2)42-20-22-44(23-21-42)54-41(4)62-37-72-54/h20-27,36-39,47-51,63,68-69H,3,8-19,28-35H2,1-2,4-7H3/t38-,39+,47-,48-,49-,50+,51-/m1/s1. The Kier molecular flexibility index (Phi) is 19.5. The number of hydrogen-bond donors (Lipinski definition) is 3. The van der Waals surface area contributed by atoms with Crippen molar-refractivity contribution in [2.45, 2.75) is 174 Å². The van der Waals surface area contributed by atoms with Crippen molar-refractivity contribution in [1.82, 2.24) is 30.1 Å². The number of aliphatic hydroxyl groups excluding tert-OH is 2. The molecule has 14 heteroatoms. The van der Waals surface area contributed by atoms with Gasteiger partial charge in [-0.2, -0.15) is 0 Å².